The molecule has 1 fully saturated rings. The molecule has 0 saturated carbocycles. The number of nitrogens with zero attached hydrogens (tertiary/aromatic N) is 2. The average Bonchev–Trinajstić information content (AvgIpc) is 3.10. The summed E-state index contributed by atoms with van der Waals surface area (Å²) >= 11 is 7.32. The lowest BCUT2D eigenvalue weighted by Crippen LogP contribution is -2.50. The van der Waals surface area contributed by atoms with Gasteiger partial charge in [-0.1, -0.05) is 19.1 Å². The third-order valence-corrected chi connectivity index (χ3v) is 7.44. The molecule has 1 aromatic heterocycles. The van der Waals surface area contributed by atoms with Crippen LogP contribution >= 0.6 is 23.6 Å². The average molecular weight is 446 g/mol. The van der Waals surface area contributed by atoms with E-state index >= 15 is 0 Å². The maximum absolute atomic E-state index is 12.5. The Balaban J connectivity index is 1.46. The second kappa shape index (κ2) is 8.81. The van der Waals surface area contributed by atoms with Crippen molar-refractivity contribution in [3.05, 3.63) is 40.3 Å². The van der Waals surface area contributed by atoms with Gasteiger partial charge in [-0.2, -0.15) is 0 Å². The molecule has 0 amide bonds. The van der Waals surface area contributed by atoms with Gasteiger partial charge < -0.3 is 25.0 Å². The van der Waals surface area contributed by atoms with Crippen LogP contribution in [0.3, 0.4) is 0 Å². The maximum atomic E-state index is 12.5. The largest absolute Gasteiger partial charge is 0.506 e. The van der Waals surface area contributed by atoms with Crippen LogP contribution < -0.4 is 10.2 Å². The Hall–Kier alpha value is -2.32. The van der Waals surface area contributed by atoms with Crippen molar-refractivity contribution < 1.29 is 14.6 Å². The van der Waals surface area contributed by atoms with Crippen molar-refractivity contribution in [2.75, 3.05) is 43.5 Å². The minimum Gasteiger partial charge on any atom is -0.506 e. The van der Waals surface area contributed by atoms with Crippen LogP contribution in [0.4, 0.5) is 10.7 Å². The van der Waals surface area contributed by atoms with E-state index in [1.54, 1.807) is 17.4 Å². The molecule has 160 valence electrons. The Bertz CT molecular complexity index is 951. The zero-order valence-corrected chi connectivity index (χ0v) is 18.9. The molecule has 1 aliphatic heterocycles. The SMILES string of the molecule is COC(=O)c1c(NC(=S)N2CCN(c3ccccc3O)CC2)sc2c1CCC(C)C2. The number of methoxy groups -OCH3 is 1. The first-order valence-electron chi connectivity index (χ1n) is 10.3. The van der Waals surface area contributed by atoms with Gasteiger partial charge in [0.2, 0.25) is 0 Å². The van der Waals surface area contributed by atoms with Crippen molar-refractivity contribution in [3.63, 3.8) is 0 Å². The highest BCUT2D eigenvalue weighted by Gasteiger charge is 2.29. The molecule has 6 nitrogen and oxygen atoms in total. The molecule has 0 spiro atoms. The number of hydrogen-bond acceptors (Lipinski definition) is 6. The first-order chi connectivity index (χ1) is 14.5. The van der Waals surface area contributed by atoms with Crippen LogP contribution in [0.2, 0.25) is 0 Å². The van der Waals surface area contributed by atoms with E-state index in [1.807, 2.05) is 18.2 Å². The Kier molecular flexibility index (Phi) is 6.15. The van der Waals surface area contributed by atoms with E-state index in [1.165, 1.54) is 12.0 Å². The first kappa shape index (κ1) is 20.9. The predicted octanol–water partition coefficient (Wildman–Crippen LogP) is 3.88. The number of fused-ring (bicyclic) bond motifs is 1. The summed E-state index contributed by atoms with van der Waals surface area (Å²) in [6.07, 6.45) is 2.99. The normalized spacial score (nSPS) is 18.7. The Morgan fingerprint density at radius 1 is 1.27 bits per heavy atom. The van der Waals surface area contributed by atoms with Crippen LogP contribution in [-0.2, 0) is 17.6 Å². The van der Waals surface area contributed by atoms with E-state index in [0.717, 1.165) is 61.7 Å². The van der Waals surface area contributed by atoms with Crippen molar-refractivity contribution in [1.82, 2.24) is 4.90 Å². The number of phenols is 1. The Labute approximate surface area is 186 Å². The van der Waals surface area contributed by atoms with Crippen LogP contribution in [-0.4, -0.2) is 54.4 Å². The lowest BCUT2D eigenvalue weighted by atomic mass is 9.88. The quantitative estimate of drug-likeness (QED) is 0.549. The molecule has 2 heterocycles. The number of ether oxygens (including phenoxy) is 1. The number of anilines is 2. The summed E-state index contributed by atoms with van der Waals surface area (Å²) in [6.45, 7) is 5.28. The maximum Gasteiger partial charge on any atom is 0.341 e. The number of carbonyl (C=O) groups is 1. The van der Waals surface area contributed by atoms with E-state index in [4.69, 9.17) is 17.0 Å². The topological polar surface area (TPSA) is 65.0 Å². The van der Waals surface area contributed by atoms with Crippen LogP contribution in [0, 0.1) is 5.92 Å². The second-order valence-corrected chi connectivity index (χ2v) is 9.43. The monoisotopic (exact) mass is 445 g/mol. The van der Waals surface area contributed by atoms with E-state index in [0.29, 0.717) is 22.3 Å². The molecular formula is C22H27N3O3S2. The van der Waals surface area contributed by atoms with Crippen molar-refractivity contribution in [2.45, 2.75) is 26.2 Å². The molecule has 1 aromatic carbocycles. The van der Waals surface area contributed by atoms with Crippen LogP contribution in [0.25, 0.3) is 0 Å². The molecule has 1 unspecified atom stereocenters. The number of para-hydroxylation sites is 2. The summed E-state index contributed by atoms with van der Waals surface area (Å²) < 4.78 is 5.07. The van der Waals surface area contributed by atoms with E-state index < -0.39 is 0 Å². The number of esters is 1. The zero-order valence-electron chi connectivity index (χ0n) is 17.3. The van der Waals surface area contributed by atoms with Gasteiger partial charge >= 0.3 is 5.97 Å². The summed E-state index contributed by atoms with van der Waals surface area (Å²) in [5, 5.41) is 14.9. The Morgan fingerprint density at radius 3 is 2.70 bits per heavy atom. The zero-order chi connectivity index (χ0) is 21.3. The van der Waals surface area contributed by atoms with Crippen LogP contribution in [0.15, 0.2) is 24.3 Å². The molecule has 8 heteroatoms. The first-order valence-corrected chi connectivity index (χ1v) is 11.5. The van der Waals surface area contributed by atoms with Crippen molar-refractivity contribution in [2.24, 2.45) is 5.92 Å². The van der Waals surface area contributed by atoms with Gasteiger partial charge in [0.25, 0.3) is 0 Å². The molecule has 0 bridgehead atoms. The molecule has 1 saturated heterocycles. The summed E-state index contributed by atoms with van der Waals surface area (Å²) in [7, 11) is 1.43. The standard InChI is InChI=1S/C22H27N3O3S2/c1-14-7-8-15-18(13-14)30-20(19(15)21(27)28-2)23-22(29)25-11-9-24(10-12-25)16-5-3-4-6-17(16)26/h3-6,14,26H,7-13H2,1-2H3,(H,23,29). The highest BCUT2D eigenvalue weighted by atomic mass is 32.1. The number of aromatic hydroxyl groups is 1. The number of thiophene rings is 1. The fourth-order valence-electron chi connectivity index (χ4n) is 4.22. The summed E-state index contributed by atoms with van der Waals surface area (Å²) in [6, 6.07) is 7.40. The number of benzene rings is 1. The highest BCUT2D eigenvalue weighted by Crippen LogP contribution is 2.40. The second-order valence-electron chi connectivity index (χ2n) is 7.94. The smallest absolute Gasteiger partial charge is 0.341 e. The van der Waals surface area contributed by atoms with E-state index in [2.05, 4.69) is 22.0 Å². The minimum atomic E-state index is -0.295. The number of nitrogens with one attached hydrogen (secondary N) is 1. The van der Waals surface area contributed by atoms with Gasteiger partial charge in [0.1, 0.15) is 10.8 Å². The van der Waals surface area contributed by atoms with E-state index in [9.17, 15) is 9.90 Å². The molecule has 2 aromatic rings. The van der Waals surface area contributed by atoms with Gasteiger partial charge in [-0.3, -0.25) is 0 Å². The predicted molar refractivity (Wildman–Crippen MR) is 125 cm³/mol. The lowest BCUT2D eigenvalue weighted by molar-refractivity contribution is 0.0601. The highest BCUT2D eigenvalue weighted by molar-refractivity contribution is 7.80. The van der Waals surface area contributed by atoms with Gasteiger partial charge in [-0.15, -0.1) is 11.3 Å². The van der Waals surface area contributed by atoms with E-state index in [-0.39, 0.29) is 5.97 Å². The third-order valence-electron chi connectivity index (χ3n) is 5.91. The Morgan fingerprint density at radius 2 is 2.00 bits per heavy atom. The number of hydrogen-bond donors (Lipinski definition) is 2. The van der Waals surface area contributed by atoms with Crippen molar-refractivity contribution >= 4 is 45.3 Å². The molecule has 2 aliphatic rings. The number of thiocarbonyl (C=S) groups is 1. The lowest BCUT2D eigenvalue weighted by Gasteiger charge is -2.37. The minimum absolute atomic E-state index is 0.295. The summed E-state index contributed by atoms with van der Waals surface area (Å²) in [5.41, 5.74) is 2.63. The molecule has 4 rings (SSSR count). The van der Waals surface area contributed by atoms with Gasteiger partial charge in [0.05, 0.1) is 18.4 Å². The number of phenolic OH excluding ortho intramolecular Hbond substituents is 1. The van der Waals surface area contributed by atoms with Crippen molar-refractivity contribution in [3.8, 4) is 5.75 Å². The van der Waals surface area contributed by atoms with Crippen molar-refractivity contribution in [1.29, 1.82) is 0 Å². The molecule has 1 aliphatic carbocycles. The van der Waals surface area contributed by atoms with Crippen LogP contribution in [0.5, 0.6) is 5.75 Å². The molecule has 1 atom stereocenters. The van der Waals surface area contributed by atoms with Gasteiger partial charge in [0.15, 0.2) is 5.11 Å². The molecule has 30 heavy (non-hydrogen) atoms. The van der Waals surface area contributed by atoms with Gasteiger partial charge in [0, 0.05) is 31.1 Å². The third kappa shape index (κ3) is 4.11. The number of rotatable bonds is 3. The fraction of sp³-hybridized carbons (Fsp3) is 0.455. The number of piperazine rings is 1. The van der Waals surface area contributed by atoms with Crippen LogP contribution in [0.1, 0.15) is 34.1 Å². The molecule has 2 N–H and O–H groups in total. The van der Waals surface area contributed by atoms with Gasteiger partial charge in [-0.25, -0.2) is 4.79 Å². The summed E-state index contributed by atoms with van der Waals surface area (Å²) in [4.78, 5) is 18.0. The fourth-order valence-corrected chi connectivity index (χ4v) is 5.96. The van der Waals surface area contributed by atoms with Gasteiger partial charge in [-0.05, 0) is 55.1 Å². The molecule has 0 radical (unpaired) electrons. The summed E-state index contributed by atoms with van der Waals surface area (Å²) in [5.74, 6) is 0.633. The number of carbonyl (C=O) groups excluding carboxylic acids is 1. The molecular weight excluding hydrogens is 418 g/mol.